The Bertz CT molecular complexity index is 1130. The van der Waals surface area contributed by atoms with Crippen LogP contribution in [-0.4, -0.2) is 46.0 Å². The van der Waals surface area contributed by atoms with Gasteiger partial charge in [0.15, 0.2) is 11.5 Å². The molecule has 2 bridgehead atoms. The van der Waals surface area contributed by atoms with Gasteiger partial charge in [-0.3, -0.25) is 13.8 Å². The minimum Gasteiger partial charge on any atom is -0.493 e. The summed E-state index contributed by atoms with van der Waals surface area (Å²) in [5.41, 5.74) is 1.59. The molecule has 0 N–H and O–H groups in total. The molecular weight excluding hydrogens is 424 g/mol. The first-order valence-corrected chi connectivity index (χ1v) is 11.2. The summed E-state index contributed by atoms with van der Waals surface area (Å²) in [6.45, 7) is 2.37. The van der Waals surface area contributed by atoms with Crippen LogP contribution in [0.3, 0.4) is 0 Å². The Balaban J connectivity index is 1.83. The van der Waals surface area contributed by atoms with Gasteiger partial charge in [-0.15, -0.1) is 0 Å². The summed E-state index contributed by atoms with van der Waals surface area (Å²) in [6.07, 6.45) is 0.358. The molecule has 2 aromatic rings. The summed E-state index contributed by atoms with van der Waals surface area (Å²) in [7, 11) is -2.85. The first kappa shape index (κ1) is 21.1. The second-order valence-electron chi connectivity index (χ2n) is 7.07. The molecule has 2 aliphatic rings. The van der Waals surface area contributed by atoms with Crippen LogP contribution in [0, 0.1) is 0 Å². The van der Waals surface area contributed by atoms with E-state index in [0.717, 1.165) is 5.56 Å². The maximum Gasteiger partial charge on any atom is 0.368 e. The van der Waals surface area contributed by atoms with Crippen molar-refractivity contribution in [2.24, 2.45) is 0 Å². The first-order chi connectivity index (χ1) is 14.9. The molecule has 0 saturated carbocycles. The molecule has 2 heterocycles. The topological polar surface area (TPSA) is 102 Å². The van der Waals surface area contributed by atoms with E-state index in [2.05, 4.69) is 0 Å². The zero-order valence-corrected chi connectivity index (χ0v) is 17.9. The van der Waals surface area contributed by atoms with Crippen molar-refractivity contribution >= 4 is 28.3 Å². The van der Waals surface area contributed by atoms with Gasteiger partial charge < -0.3 is 14.4 Å². The van der Waals surface area contributed by atoms with E-state index in [0.29, 0.717) is 28.0 Å². The van der Waals surface area contributed by atoms with Crippen LogP contribution in [0.5, 0.6) is 11.5 Å². The standard InChI is InChI=1S/C21H22N2O7S/c1-3-29-19-11-14(7-8-18(19)28-2)16-9-10-30-31(26,27)23(13-24)17-6-4-5-15-12-22(16)21(25)20(15)17/h4-8,11,13,16H,3,9-10,12H2,1-2H3/t16-/m0/s1. The average molecular weight is 446 g/mol. The molecule has 9 nitrogen and oxygen atoms in total. The molecule has 0 radical (unpaired) electrons. The normalized spacial score (nSPS) is 19.8. The molecule has 0 saturated heterocycles. The smallest absolute Gasteiger partial charge is 0.368 e. The number of fused-ring (bicyclic) bond motifs is 1. The molecule has 2 aliphatic heterocycles. The maximum absolute atomic E-state index is 13.4. The van der Waals surface area contributed by atoms with E-state index in [-0.39, 0.29) is 43.1 Å². The summed E-state index contributed by atoms with van der Waals surface area (Å²) in [6, 6.07) is 9.70. The van der Waals surface area contributed by atoms with E-state index in [1.165, 1.54) is 6.07 Å². The average Bonchev–Trinajstić information content (AvgIpc) is 3.08. The van der Waals surface area contributed by atoms with E-state index in [1.807, 2.05) is 13.0 Å². The fraction of sp³-hybridized carbons (Fsp3) is 0.333. The SMILES string of the molecule is CCOc1cc([C@@H]2CCOS(=O)(=O)N(C=O)c3cccc4c3C(=O)N2C4)ccc1OC. The van der Waals surface area contributed by atoms with E-state index in [9.17, 15) is 18.0 Å². The Morgan fingerprint density at radius 1 is 1.23 bits per heavy atom. The lowest BCUT2D eigenvalue weighted by atomic mass is 10.0. The maximum atomic E-state index is 13.4. The van der Waals surface area contributed by atoms with Crippen LogP contribution in [0.4, 0.5) is 5.69 Å². The van der Waals surface area contributed by atoms with Gasteiger partial charge >= 0.3 is 10.3 Å². The number of nitrogens with zero attached hydrogens (tertiary/aromatic N) is 2. The zero-order chi connectivity index (χ0) is 22.2. The summed E-state index contributed by atoms with van der Waals surface area (Å²) in [5, 5.41) is 0. The van der Waals surface area contributed by atoms with Gasteiger partial charge in [0.25, 0.3) is 5.91 Å². The number of benzene rings is 2. The van der Waals surface area contributed by atoms with Crippen molar-refractivity contribution in [1.29, 1.82) is 0 Å². The lowest BCUT2D eigenvalue weighted by Crippen LogP contribution is -2.36. The Hall–Kier alpha value is -3.11. The number of carbonyl (C=O) groups is 2. The Morgan fingerprint density at radius 2 is 2.03 bits per heavy atom. The van der Waals surface area contributed by atoms with E-state index >= 15 is 0 Å². The van der Waals surface area contributed by atoms with Gasteiger partial charge in [-0.25, -0.2) is 0 Å². The van der Waals surface area contributed by atoms with Crippen LogP contribution in [0.2, 0.25) is 0 Å². The van der Waals surface area contributed by atoms with E-state index in [4.69, 9.17) is 13.7 Å². The van der Waals surface area contributed by atoms with E-state index in [1.54, 1.807) is 36.3 Å². The van der Waals surface area contributed by atoms with Crippen molar-refractivity contribution in [2.45, 2.75) is 25.9 Å². The molecule has 2 aromatic carbocycles. The molecule has 10 heteroatoms. The Morgan fingerprint density at radius 3 is 2.74 bits per heavy atom. The summed E-state index contributed by atoms with van der Waals surface area (Å²) >= 11 is 0. The predicted molar refractivity (Wildman–Crippen MR) is 111 cm³/mol. The summed E-state index contributed by atoms with van der Waals surface area (Å²) in [5.74, 6) is 0.752. The lowest BCUT2D eigenvalue weighted by Gasteiger charge is -2.30. The number of hydrogen-bond acceptors (Lipinski definition) is 7. The molecule has 1 atom stereocenters. The largest absolute Gasteiger partial charge is 0.493 e. The third kappa shape index (κ3) is 3.61. The second-order valence-corrected chi connectivity index (χ2v) is 8.56. The molecule has 0 spiro atoms. The molecule has 2 amide bonds. The quantitative estimate of drug-likeness (QED) is 0.650. The molecule has 4 rings (SSSR count). The third-order valence-corrected chi connectivity index (χ3v) is 6.62. The van der Waals surface area contributed by atoms with Crippen molar-refractivity contribution in [2.75, 3.05) is 24.6 Å². The number of amides is 2. The van der Waals surface area contributed by atoms with Crippen molar-refractivity contribution in [3.8, 4) is 11.5 Å². The van der Waals surface area contributed by atoms with Gasteiger partial charge in [-0.05, 0) is 42.7 Å². The number of rotatable bonds is 5. The van der Waals surface area contributed by atoms with Crippen LogP contribution in [0.15, 0.2) is 36.4 Å². The van der Waals surface area contributed by atoms with Crippen LogP contribution in [-0.2, 0) is 25.8 Å². The van der Waals surface area contributed by atoms with Gasteiger partial charge in [-0.1, -0.05) is 18.2 Å². The van der Waals surface area contributed by atoms with Gasteiger partial charge in [0.05, 0.1) is 37.6 Å². The molecule has 31 heavy (non-hydrogen) atoms. The highest BCUT2D eigenvalue weighted by molar-refractivity contribution is 7.88. The molecule has 0 unspecified atom stereocenters. The van der Waals surface area contributed by atoms with Gasteiger partial charge in [0, 0.05) is 6.54 Å². The highest BCUT2D eigenvalue weighted by Crippen LogP contribution is 2.41. The predicted octanol–water partition coefficient (Wildman–Crippen LogP) is 2.42. The minimum absolute atomic E-state index is 0.00890. The van der Waals surface area contributed by atoms with Crippen molar-refractivity contribution in [1.82, 2.24) is 4.90 Å². The fourth-order valence-corrected chi connectivity index (χ4v) is 4.94. The third-order valence-electron chi connectivity index (χ3n) is 5.39. The van der Waals surface area contributed by atoms with Crippen LogP contribution >= 0.6 is 0 Å². The van der Waals surface area contributed by atoms with Crippen molar-refractivity contribution < 1.29 is 31.7 Å². The van der Waals surface area contributed by atoms with Crippen LogP contribution < -0.4 is 13.8 Å². The summed E-state index contributed by atoms with van der Waals surface area (Å²) < 4.78 is 41.8. The van der Waals surface area contributed by atoms with Crippen molar-refractivity contribution in [3.63, 3.8) is 0 Å². The minimum atomic E-state index is -4.39. The highest BCUT2D eigenvalue weighted by Gasteiger charge is 2.40. The van der Waals surface area contributed by atoms with E-state index < -0.39 is 16.3 Å². The molecular formula is C21H22N2O7S. The van der Waals surface area contributed by atoms with Crippen LogP contribution in [0.1, 0.15) is 40.9 Å². The summed E-state index contributed by atoms with van der Waals surface area (Å²) in [4.78, 5) is 26.6. The Kier molecular flexibility index (Phi) is 5.59. The van der Waals surface area contributed by atoms with Crippen molar-refractivity contribution in [3.05, 3.63) is 53.1 Å². The fourth-order valence-electron chi connectivity index (χ4n) is 4.02. The number of hydrogen-bond donors (Lipinski definition) is 0. The van der Waals surface area contributed by atoms with Gasteiger partial charge in [0.2, 0.25) is 6.41 Å². The number of methoxy groups -OCH3 is 1. The number of carbonyl (C=O) groups excluding carboxylic acids is 2. The number of ether oxygens (including phenoxy) is 2. The first-order valence-electron chi connectivity index (χ1n) is 9.79. The molecule has 0 aliphatic carbocycles. The highest BCUT2D eigenvalue weighted by atomic mass is 32.2. The Labute approximate surface area is 180 Å². The van der Waals surface area contributed by atoms with Crippen LogP contribution in [0.25, 0.3) is 0 Å². The monoisotopic (exact) mass is 446 g/mol. The second kappa shape index (κ2) is 8.20. The molecule has 0 aromatic heterocycles. The van der Waals surface area contributed by atoms with Gasteiger partial charge in [-0.2, -0.15) is 12.7 Å². The lowest BCUT2D eigenvalue weighted by molar-refractivity contribution is -0.106. The molecule has 0 fully saturated rings. The number of anilines is 1. The van der Waals surface area contributed by atoms with Gasteiger partial charge in [0.1, 0.15) is 0 Å². The molecule has 164 valence electrons. The zero-order valence-electron chi connectivity index (χ0n) is 17.1.